The number of rotatable bonds is 9. The second-order valence-electron chi connectivity index (χ2n) is 5.57. The predicted molar refractivity (Wildman–Crippen MR) is 114 cm³/mol. The topological polar surface area (TPSA) is 67.1 Å². The Balaban J connectivity index is 0.00000312. The zero-order valence-electron chi connectivity index (χ0n) is 15.1. The van der Waals surface area contributed by atoms with E-state index in [1.54, 1.807) is 6.33 Å². The van der Waals surface area contributed by atoms with Crippen LogP contribution in [-0.4, -0.2) is 40.4 Å². The lowest BCUT2D eigenvalue weighted by Crippen LogP contribution is -2.39. The van der Waals surface area contributed by atoms with Gasteiger partial charge in [0.2, 0.25) is 0 Å². The minimum absolute atomic E-state index is 0. The fourth-order valence-electron chi connectivity index (χ4n) is 2.49. The molecule has 25 heavy (non-hydrogen) atoms. The number of nitrogens with one attached hydrogen (secondary N) is 2. The molecule has 1 aromatic carbocycles. The number of benzene rings is 1. The molecule has 0 fully saturated rings. The van der Waals surface area contributed by atoms with E-state index in [4.69, 9.17) is 0 Å². The van der Waals surface area contributed by atoms with Gasteiger partial charge in [-0.1, -0.05) is 37.3 Å². The molecule has 0 radical (unpaired) electrons. The highest BCUT2D eigenvalue weighted by Gasteiger charge is 2.02. The Kier molecular flexibility index (Phi) is 10.9. The predicted octanol–water partition coefficient (Wildman–Crippen LogP) is 2.65. The molecule has 6 nitrogen and oxygen atoms in total. The highest BCUT2D eigenvalue weighted by atomic mass is 127. The smallest absolute Gasteiger partial charge is 0.191 e. The molecule has 7 heteroatoms. The summed E-state index contributed by atoms with van der Waals surface area (Å²) in [7, 11) is 0. The largest absolute Gasteiger partial charge is 0.357 e. The van der Waals surface area contributed by atoms with Gasteiger partial charge in [0, 0.05) is 32.6 Å². The van der Waals surface area contributed by atoms with Crippen molar-refractivity contribution >= 4 is 29.9 Å². The van der Waals surface area contributed by atoms with Crippen molar-refractivity contribution in [3.05, 3.63) is 48.0 Å². The molecule has 2 N–H and O–H groups in total. The molecule has 2 rings (SSSR count). The van der Waals surface area contributed by atoms with Crippen LogP contribution in [0.3, 0.4) is 0 Å². The Bertz CT molecular complexity index is 611. The number of halogens is 1. The summed E-state index contributed by atoms with van der Waals surface area (Å²) in [6.45, 7) is 7.48. The van der Waals surface area contributed by atoms with Gasteiger partial charge in [0.15, 0.2) is 5.96 Å². The average molecular weight is 456 g/mol. The Morgan fingerprint density at radius 2 is 1.96 bits per heavy atom. The summed E-state index contributed by atoms with van der Waals surface area (Å²) in [4.78, 5) is 4.64. The number of hydrogen-bond donors (Lipinski definition) is 2. The van der Waals surface area contributed by atoms with E-state index in [1.165, 1.54) is 5.56 Å². The third-order valence-corrected chi connectivity index (χ3v) is 3.74. The number of nitrogens with zero attached hydrogens (tertiary/aromatic N) is 4. The summed E-state index contributed by atoms with van der Waals surface area (Å²) in [6, 6.07) is 10.5. The summed E-state index contributed by atoms with van der Waals surface area (Å²) in [6.07, 6.45) is 4.79. The van der Waals surface area contributed by atoms with Crippen molar-refractivity contribution in [3.63, 3.8) is 0 Å². The molecule has 0 aliphatic heterocycles. The summed E-state index contributed by atoms with van der Waals surface area (Å²) in [5.41, 5.74) is 1.37. The lowest BCUT2D eigenvalue weighted by molar-refractivity contribution is 0.632. The fourth-order valence-corrected chi connectivity index (χ4v) is 2.49. The van der Waals surface area contributed by atoms with Gasteiger partial charge in [0.05, 0.1) is 0 Å². The van der Waals surface area contributed by atoms with Gasteiger partial charge in [-0.3, -0.25) is 4.99 Å². The molecule has 2 aromatic rings. The number of guanidine groups is 1. The highest BCUT2D eigenvalue weighted by Crippen LogP contribution is 2.02. The van der Waals surface area contributed by atoms with Crippen molar-refractivity contribution in [1.29, 1.82) is 0 Å². The van der Waals surface area contributed by atoms with E-state index in [0.717, 1.165) is 57.2 Å². The Hall–Kier alpha value is -1.64. The van der Waals surface area contributed by atoms with Gasteiger partial charge in [-0.15, -0.1) is 34.2 Å². The standard InChI is InChI=1S/C18H28N6.HI/c1-3-17-23-22-15-24(17)14-13-21-18(19-4-2)20-12-8-11-16-9-6-5-7-10-16;/h5-7,9-10,15H,3-4,8,11-14H2,1-2H3,(H2,19,20,21);1H. The van der Waals surface area contributed by atoms with Gasteiger partial charge in [0.25, 0.3) is 0 Å². The first kappa shape index (κ1) is 21.4. The Morgan fingerprint density at radius 3 is 2.68 bits per heavy atom. The second-order valence-corrected chi connectivity index (χ2v) is 5.57. The van der Waals surface area contributed by atoms with E-state index < -0.39 is 0 Å². The van der Waals surface area contributed by atoms with Crippen molar-refractivity contribution in [3.8, 4) is 0 Å². The van der Waals surface area contributed by atoms with Crippen molar-refractivity contribution in [1.82, 2.24) is 25.4 Å². The monoisotopic (exact) mass is 456 g/mol. The van der Waals surface area contributed by atoms with E-state index in [0.29, 0.717) is 0 Å². The normalized spacial score (nSPS) is 11.0. The van der Waals surface area contributed by atoms with Crippen LogP contribution in [0, 0.1) is 0 Å². The first-order valence-corrected chi connectivity index (χ1v) is 8.76. The molecule has 0 saturated heterocycles. The minimum Gasteiger partial charge on any atom is -0.357 e. The van der Waals surface area contributed by atoms with Crippen LogP contribution in [0.2, 0.25) is 0 Å². The quantitative estimate of drug-likeness (QED) is 0.264. The zero-order chi connectivity index (χ0) is 17.0. The van der Waals surface area contributed by atoms with Gasteiger partial charge < -0.3 is 15.2 Å². The fraction of sp³-hybridized carbons (Fsp3) is 0.500. The number of hydrogen-bond acceptors (Lipinski definition) is 3. The Labute approximate surface area is 167 Å². The van der Waals surface area contributed by atoms with Crippen LogP contribution >= 0.6 is 24.0 Å². The van der Waals surface area contributed by atoms with Crippen molar-refractivity contribution in [2.75, 3.05) is 19.6 Å². The van der Waals surface area contributed by atoms with Crippen LogP contribution in [0.4, 0.5) is 0 Å². The number of aryl methyl sites for hydroxylation is 2. The second kappa shape index (κ2) is 12.7. The first-order chi connectivity index (χ1) is 11.8. The molecule has 0 amide bonds. The molecule has 1 aromatic heterocycles. The molecular formula is C18H29IN6. The van der Waals surface area contributed by atoms with Crippen LogP contribution in [0.15, 0.2) is 41.7 Å². The minimum atomic E-state index is 0. The first-order valence-electron chi connectivity index (χ1n) is 8.76. The van der Waals surface area contributed by atoms with Crippen molar-refractivity contribution in [2.45, 2.75) is 39.7 Å². The van der Waals surface area contributed by atoms with E-state index in [1.807, 2.05) is 0 Å². The molecule has 138 valence electrons. The lowest BCUT2D eigenvalue weighted by Gasteiger charge is -2.12. The highest BCUT2D eigenvalue weighted by molar-refractivity contribution is 14.0. The summed E-state index contributed by atoms with van der Waals surface area (Å²) in [5, 5.41) is 14.7. The molecular weight excluding hydrogens is 427 g/mol. The summed E-state index contributed by atoms with van der Waals surface area (Å²) in [5.74, 6) is 1.89. The summed E-state index contributed by atoms with van der Waals surface area (Å²) >= 11 is 0. The van der Waals surface area contributed by atoms with Crippen molar-refractivity contribution in [2.24, 2.45) is 4.99 Å². The van der Waals surface area contributed by atoms with E-state index >= 15 is 0 Å². The number of aromatic nitrogens is 3. The Morgan fingerprint density at radius 1 is 1.16 bits per heavy atom. The molecule has 0 aliphatic rings. The van der Waals surface area contributed by atoms with Crippen LogP contribution in [-0.2, 0) is 19.4 Å². The van der Waals surface area contributed by atoms with E-state index in [2.05, 4.69) is 74.6 Å². The summed E-state index contributed by atoms with van der Waals surface area (Å²) < 4.78 is 2.08. The van der Waals surface area contributed by atoms with Crippen LogP contribution < -0.4 is 10.6 Å². The van der Waals surface area contributed by atoms with E-state index in [-0.39, 0.29) is 24.0 Å². The number of aliphatic imine (C=N–C) groups is 1. The van der Waals surface area contributed by atoms with Crippen LogP contribution in [0.25, 0.3) is 0 Å². The molecule has 0 aliphatic carbocycles. The van der Waals surface area contributed by atoms with E-state index in [9.17, 15) is 0 Å². The molecule has 0 atom stereocenters. The zero-order valence-corrected chi connectivity index (χ0v) is 17.4. The maximum absolute atomic E-state index is 4.64. The van der Waals surface area contributed by atoms with Gasteiger partial charge in [0.1, 0.15) is 12.2 Å². The maximum atomic E-state index is 4.64. The lowest BCUT2D eigenvalue weighted by atomic mass is 10.1. The third-order valence-electron chi connectivity index (χ3n) is 3.74. The SMILES string of the molecule is CCNC(=NCCCc1ccccc1)NCCn1cnnc1CC.I. The average Bonchev–Trinajstić information content (AvgIpc) is 3.07. The van der Waals surface area contributed by atoms with Crippen molar-refractivity contribution < 1.29 is 0 Å². The molecule has 0 spiro atoms. The van der Waals surface area contributed by atoms with Gasteiger partial charge >= 0.3 is 0 Å². The van der Waals surface area contributed by atoms with Gasteiger partial charge in [-0.2, -0.15) is 0 Å². The third kappa shape index (κ3) is 7.85. The molecule has 0 saturated carbocycles. The molecule has 0 bridgehead atoms. The maximum Gasteiger partial charge on any atom is 0.191 e. The van der Waals surface area contributed by atoms with Gasteiger partial charge in [-0.25, -0.2) is 0 Å². The molecule has 1 heterocycles. The molecule has 0 unspecified atom stereocenters. The van der Waals surface area contributed by atoms with Crippen LogP contribution in [0.1, 0.15) is 31.7 Å². The van der Waals surface area contributed by atoms with Gasteiger partial charge in [-0.05, 0) is 25.3 Å². The van der Waals surface area contributed by atoms with Crippen LogP contribution in [0.5, 0.6) is 0 Å².